The van der Waals surface area contributed by atoms with Gasteiger partial charge in [0.2, 0.25) is 0 Å². The van der Waals surface area contributed by atoms with E-state index in [1.54, 1.807) is 12.1 Å². The van der Waals surface area contributed by atoms with E-state index < -0.39 is 11.6 Å². The van der Waals surface area contributed by atoms with Crippen molar-refractivity contribution in [3.05, 3.63) is 59.8 Å². The van der Waals surface area contributed by atoms with E-state index in [0.29, 0.717) is 34.7 Å². The smallest absolute Gasteiger partial charge is 0.257 e. The minimum Gasteiger partial charge on any atom is -0.380 e. The van der Waals surface area contributed by atoms with Crippen LogP contribution in [0.2, 0.25) is 0 Å². The summed E-state index contributed by atoms with van der Waals surface area (Å²) in [5.41, 5.74) is 2.30. The summed E-state index contributed by atoms with van der Waals surface area (Å²) in [6, 6.07) is 8.81. The topological polar surface area (TPSA) is 62.4 Å². The van der Waals surface area contributed by atoms with Crippen LogP contribution in [0.1, 0.15) is 18.4 Å². The van der Waals surface area contributed by atoms with E-state index in [-0.39, 0.29) is 12.0 Å². The van der Waals surface area contributed by atoms with Crippen molar-refractivity contribution in [2.24, 2.45) is 0 Å². The second kappa shape index (κ2) is 7.36. The summed E-state index contributed by atoms with van der Waals surface area (Å²) in [7, 11) is 0. The number of carbonyl (C=O) groups excluding carboxylic acids is 1. The molecule has 2 heterocycles. The zero-order valence-electron chi connectivity index (χ0n) is 14.5. The molecular formula is C20H19F2N3O2. The van der Waals surface area contributed by atoms with Crippen LogP contribution in [0.4, 0.5) is 25.8 Å². The van der Waals surface area contributed by atoms with Crippen LogP contribution in [-0.4, -0.2) is 25.2 Å². The minimum atomic E-state index is -0.420. The van der Waals surface area contributed by atoms with Crippen molar-refractivity contribution in [1.29, 1.82) is 0 Å². The van der Waals surface area contributed by atoms with Gasteiger partial charge in [0.05, 0.1) is 23.1 Å². The fraction of sp³-hybridized carbons (Fsp3) is 0.250. The van der Waals surface area contributed by atoms with E-state index in [9.17, 15) is 13.6 Å². The molecule has 7 heteroatoms. The molecule has 3 N–H and O–H groups in total. The largest absolute Gasteiger partial charge is 0.380 e. The number of hydrogen-bond donors (Lipinski definition) is 3. The second-order valence-corrected chi connectivity index (χ2v) is 6.56. The quantitative estimate of drug-likeness (QED) is 0.696. The Morgan fingerprint density at radius 1 is 1.22 bits per heavy atom. The number of fused-ring (bicyclic) bond motifs is 1. The highest BCUT2D eigenvalue weighted by Crippen LogP contribution is 2.32. The number of amides is 1. The van der Waals surface area contributed by atoms with Crippen molar-refractivity contribution < 1.29 is 18.3 Å². The van der Waals surface area contributed by atoms with Crippen LogP contribution in [0.15, 0.2) is 42.6 Å². The molecule has 1 atom stereocenters. The molecule has 5 nitrogen and oxygen atoms in total. The van der Waals surface area contributed by atoms with Gasteiger partial charge in [-0.1, -0.05) is 0 Å². The Morgan fingerprint density at radius 2 is 2.11 bits per heavy atom. The molecular weight excluding hydrogens is 352 g/mol. The van der Waals surface area contributed by atoms with Crippen LogP contribution < -0.4 is 16.0 Å². The van der Waals surface area contributed by atoms with Gasteiger partial charge < -0.3 is 20.7 Å². The van der Waals surface area contributed by atoms with E-state index in [2.05, 4.69) is 16.0 Å². The van der Waals surface area contributed by atoms with Gasteiger partial charge in [-0.25, -0.2) is 8.78 Å². The molecule has 0 aliphatic carbocycles. The zero-order valence-corrected chi connectivity index (χ0v) is 14.5. The lowest BCUT2D eigenvalue weighted by Gasteiger charge is -2.13. The molecule has 0 spiro atoms. The first-order valence-corrected chi connectivity index (χ1v) is 8.83. The van der Waals surface area contributed by atoms with Gasteiger partial charge in [0.25, 0.3) is 5.91 Å². The Balaban J connectivity index is 1.45. The molecule has 2 aromatic rings. The van der Waals surface area contributed by atoms with Crippen molar-refractivity contribution in [3.63, 3.8) is 0 Å². The molecule has 140 valence electrons. The van der Waals surface area contributed by atoms with Crippen molar-refractivity contribution in [1.82, 2.24) is 0 Å². The number of nitrogens with one attached hydrogen (secondary N) is 3. The highest BCUT2D eigenvalue weighted by molar-refractivity contribution is 6.31. The molecule has 1 fully saturated rings. The Labute approximate surface area is 155 Å². The minimum absolute atomic E-state index is 0.123. The average Bonchev–Trinajstić information content (AvgIpc) is 3.26. The molecule has 0 aromatic heterocycles. The molecule has 2 aliphatic rings. The fourth-order valence-electron chi connectivity index (χ4n) is 3.24. The Morgan fingerprint density at radius 3 is 2.89 bits per heavy atom. The maximum absolute atomic E-state index is 14.3. The summed E-state index contributed by atoms with van der Waals surface area (Å²) in [5.74, 6) is -1.15. The number of anilines is 3. The summed E-state index contributed by atoms with van der Waals surface area (Å²) in [5, 5.41) is 8.60. The normalized spacial score (nSPS) is 19.9. The van der Waals surface area contributed by atoms with E-state index in [0.717, 1.165) is 19.4 Å². The van der Waals surface area contributed by atoms with Crippen LogP contribution in [0.25, 0.3) is 5.57 Å². The van der Waals surface area contributed by atoms with Gasteiger partial charge in [0.15, 0.2) is 0 Å². The van der Waals surface area contributed by atoms with Crippen LogP contribution in [0, 0.1) is 11.6 Å². The van der Waals surface area contributed by atoms with Gasteiger partial charge in [-0.15, -0.1) is 0 Å². The van der Waals surface area contributed by atoms with Crippen molar-refractivity contribution in [3.8, 4) is 0 Å². The molecule has 27 heavy (non-hydrogen) atoms. The summed E-state index contributed by atoms with van der Waals surface area (Å²) in [6.45, 7) is 1.33. The lowest BCUT2D eigenvalue weighted by Crippen LogP contribution is -2.18. The summed E-state index contributed by atoms with van der Waals surface area (Å²) in [6.07, 6.45) is 3.64. The van der Waals surface area contributed by atoms with Gasteiger partial charge in [-0.05, 0) is 49.2 Å². The molecule has 4 rings (SSSR count). The fourth-order valence-corrected chi connectivity index (χ4v) is 3.24. The zero-order chi connectivity index (χ0) is 18.8. The van der Waals surface area contributed by atoms with Crippen LogP contribution in [0.5, 0.6) is 0 Å². The van der Waals surface area contributed by atoms with Gasteiger partial charge in [-0.2, -0.15) is 0 Å². The van der Waals surface area contributed by atoms with Gasteiger partial charge in [-0.3, -0.25) is 4.79 Å². The third kappa shape index (κ3) is 3.78. The monoisotopic (exact) mass is 371 g/mol. The van der Waals surface area contributed by atoms with Crippen LogP contribution in [0.3, 0.4) is 0 Å². The first-order chi connectivity index (χ1) is 13.1. The third-order valence-electron chi connectivity index (χ3n) is 4.66. The molecule has 1 saturated heterocycles. The average molecular weight is 371 g/mol. The Kier molecular flexibility index (Phi) is 4.77. The van der Waals surface area contributed by atoms with Gasteiger partial charge >= 0.3 is 0 Å². The van der Waals surface area contributed by atoms with Crippen molar-refractivity contribution in [2.45, 2.75) is 18.9 Å². The molecule has 2 aromatic carbocycles. The summed E-state index contributed by atoms with van der Waals surface area (Å²) in [4.78, 5) is 12.1. The Hall–Kier alpha value is -2.93. The molecule has 2 aliphatic heterocycles. The Bertz CT molecular complexity index is 908. The van der Waals surface area contributed by atoms with E-state index >= 15 is 0 Å². The number of ether oxygens (including phenoxy) is 1. The van der Waals surface area contributed by atoms with Crippen molar-refractivity contribution >= 4 is 28.5 Å². The summed E-state index contributed by atoms with van der Waals surface area (Å²) < 4.78 is 33.1. The van der Waals surface area contributed by atoms with Crippen molar-refractivity contribution in [2.75, 3.05) is 29.1 Å². The maximum Gasteiger partial charge on any atom is 0.257 e. The van der Waals surface area contributed by atoms with E-state index in [4.69, 9.17) is 4.74 Å². The van der Waals surface area contributed by atoms with Gasteiger partial charge in [0.1, 0.15) is 11.6 Å². The number of hydrogen-bond acceptors (Lipinski definition) is 4. The highest BCUT2D eigenvalue weighted by Gasteiger charge is 2.24. The predicted octanol–water partition coefficient (Wildman–Crippen LogP) is 3.96. The summed E-state index contributed by atoms with van der Waals surface area (Å²) >= 11 is 0. The van der Waals surface area contributed by atoms with Crippen LogP contribution in [-0.2, 0) is 9.53 Å². The second-order valence-electron chi connectivity index (χ2n) is 6.56. The van der Waals surface area contributed by atoms with Crippen LogP contribution >= 0.6 is 0 Å². The molecule has 0 radical (unpaired) electrons. The van der Waals surface area contributed by atoms with E-state index in [1.807, 2.05) is 0 Å². The number of carbonyl (C=O) groups is 1. The first kappa shape index (κ1) is 17.5. The van der Waals surface area contributed by atoms with E-state index in [1.165, 1.54) is 30.5 Å². The number of rotatable bonds is 5. The lowest BCUT2D eigenvalue weighted by molar-refractivity contribution is -0.110. The lowest BCUT2D eigenvalue weighted by atomic mass is 10.1. The molecule has 1 unspecified atom stereocenters. The standard InChI is InChI=1S/C20H19F2N3O2/c21-12-3-5-15-16(20(26)25-19(15)8-12)11-23-13-4-6-18(17(22)9-13)24-10-14-2-1-7-27-14/h3-6,8-9,11,14,23-24H,1-2,7,10H2,(H,25,26). The molecule has 0 saturated carbocycles. The van der Waals surface area contributed by atoms with Gasteiger partial charge in [0, 0.05) is 30.6 Å². The third-order valence-corrected chi connectivity index (χ3v) is 4.66. The highest BCUT2D eigenvalue weighted by atomic mass is 19.1. The number of halogens is 2. The molecule has 1 amide bonds. The predicted molar refractivity (Wildman–Crippen MR) is 100 cm³/mol. The SMILES string of the molecule is O=C1Nc2cc(F)ccc2C1=CNc1ccc(NCC2CCCO2)c(F)c1. The number of benzene rings is 2. The molecule has 0 bridgehead atoms. The first-order valence-electron chi connectivity index (χ1n) is 8.83. The maximum atomic E-state index is 14.3.